The Balaban J connectivity index is 1.89. The van der Waals surface area contributed by atoms with Gasteiger partial charge in [-0.25, -0.2) is 4.39 Å². The Morgan fingerprint density at radius 1 is 1.00 bits per heavy atom. The molecular weight excluding hydrogens is 414 g/mol. The lowest BCUT2D eigenvalue weighted by atomic mass is 9.95. The third kappa shape index (κ3) is 3.97. The summed E-state index contributed by atoms with van der Waals surface area (Å²) in [7, 11) is 0. The summed E-state index contributed by atoms with van der Waals surface area (Å²) in [6.45, 7) is -0.181. The van der Waals surface area contributed by atoms with Gasteiger partial charge >= 0.3 is 0 Å². The van der Waals surface area contributed by atoms with E-state index in [0.29, 0.717) is 32.4 Å². The number of amides is 2. The molecule has 1 unspecified atom stereocenters. The Bertz CT molecular complexity index is 1100. The number of nitrogens with one attached hydrogen (secondary N) is 1. The molecule has 0 aliphatic carbocycles. The van der Waals surface area contributed by atoms with Crippen molar-refractivity contribution in [1.29, 1.82) is 0 Å². The van der Waals surface area contributed by atoms with Gasteiger partial charge < -0.3 is 10.2 Å². The average Bonchev–Trinajstić information content (AvgIpc) is 2.83. The number of fused-ring (bicyclic) bond motifs is 1. The molecule has 0 saturated heterocycles. The molecular formula is C22H15Cl2FN2O2. The second-order valence-electron chi connectivity index (χ2n) is 6.68. The summed E-state index contributed by atoms with van der Waals surface area (Å²) in [5.41, 5.74) is 2.22. The fourth-order valence-electron chi connectivity index (χ4n) is 3.46. The number of carbonyl (C=O) groups excluding carboxylic acids is 2. The largest absolute Gasteiger partial charge is 0.324 e. The highest BCUT2D eigenvalue weighted by molar-refractivity contribution is 6.31. The predicted molar refractivity (Wildman–Crippen MR) is 111 cm³/mol. The zero-order chi connectivity index (χ0) is 20.5. The van der Waals surface area contributed by atoms with Crippen LogP contribution in [0.3, 0.4) is 0 Å². The van der Waals surface area contributed by atoms with E-state index in [1.54, 1.807) is 54.6 Å². The molecule has 0 radical (unpaired) electrons. The average molecular weight is 429 g/mol. The lowest BCUT2D eigenvalue weighted by Crippen LogP contribution is -2.39. The Labute approximate surface area is 176 Å². The maximum atomic E-state index is 13.5. The molecule has 1 N–H and O–H groups in total. The van der Waals surface area contributed by atoms with E-state index in [4.69, 9.17) is 23.2 Å². The van der Waals surface area contributed by atoms with Crippen molar-refractivity contribution in [2.24, 2.45) is 0 Å². The fraction of sp³-hybridized carbons (Fsp3) is 0.0909. The molecule has 0 spiro atoms. The van der Waals surface area contributed by atoms with Crippen molar-refractivity contribution >= 4 is 40.7 Å². The van der Waals surface area contributed by atoms with Gasteiger partial charge in [-0.3, -0.25) is 9.59 Å². The van der Waals surface area contributed by atoms with Crippen molar-refractivity contribution < 1.29 is 14.0 Å². The SMILES string of the molecule is O=C1CN(C(=O)c2cccc(Cl)c2)C(c2ccc(F)cc2)c2ccc(Cl)cc2N1. The molecule has 0 fully saturated rings. The zero-order valence-corrected chi connectivity index (χ0v) is 16.5. The van der Waals surface area contributed by atoms with Gasteiger partial charge in [0, 0.05) is 26.9 Å². The molecule has 4 nitrogen and oxygen atoms in total. The number of rotatable bonds is 2. The number of benzene rings is 3. The van der Waals surface area contributed by atoms with Crippen LogP contribution in [0.4, 0.5) is 10.1 Å². The molecule has 29 heavy (non-hydrogen) atoms. The molecule has 3 aromatic carbocycles. The quantitative estimate of drug-likeness (QED) is 0.600. The second kappa shape index (κ2) is 7.85. The van der Waals surface area contributed by atoms with Crippen LogP contribution in [-0.2, 0) is 4.79 Å². The van der Waals surface area contributed by atoms with E-state index in [2.05, 4.69) is 5.32 Å². The molecule has 146 valence electrons. The van der Waals surface area contributed by atoms with Crippen LogP contribution in [0.2, 0.25) is 10.0 Å². The van der Waals surface area contributed by atoms with Gasteiger partial charge in [-0.15, -0.1) is 0 Å². The van der Waals surface area contributed by atoms with E-state index in [-0.39, 0.29) is 24.2 Å². The molecule has 1 aliphatic rings. The first-order chi connectivity index (χ1) is 13.9. The van der Waals surface area contributed by atoms with Crippen molar-refractivity contribution in [3.05, 3.63) is 99.3 Å². The van der Waals surface area contributed by atoms with E-state index < -0.39 is 6.04 Å². The minimum atomic E-state index is -0.617. The van der Waals surface area contributed by atoms with Gasteiger partial charge in [-0.2, -0.15) is 0 Å². The van der Waals surface area contributed by atoms with Gasteiger partial charge in [0.2, 0.25) is 5.91 Å². The summed E-state index contributed by atoms with van der Waals surface area (Å²) in [4.78, 5) is 27.4. The van der Waals surface area contributed by atoms with Crippen molar-refractivity contribution in [3.8, 4) is 0 Å². The number of halogens is 3. The van der Waals surface area contributed by atoms with Gasteiger partial charge in [-0.1, -0.05) is 47.5 Å². The second-order valence-corrected chi connectivity index (χ2v) is 7.55. The molecule has 1 atom stereocenters. The van der Waals surface area contributed by atoms with Gasteiger partial charge in [0.15, 0.2) is 0 Å². The summed E-state index contributed by atoms with van der Waals surface area (Å²) < 4.78 is 13.5. The van der Waals surface area contributed by atoms with Crippen molar-refractivity contribution in [1.82, 2.24) is 4.90 Å². The fourth-order valence-corrected chi connectivity index (χ4v) is 3.82. The summed E-state index contributed by atoms with van der Waals surface area (Å²) in [5.74, 6) is -1.10. The molecule has 2 amide bonds. The number of nitrogens with zero attached hydrogens (tertiary/aromatic N) is 1. The number of hydrogen-bond donors (Lipinski definition) is 1. The molecule has 3 aromatic rings. The van der Waals surface area contributed by atoms with E-state index >= 15 is 0 Å². The van der Waals surface area contributed by atoms with Crippen LogP contribution in [0.1, 0.15) is 27.5 Å². The van der Waals surface area contributed by atoms with Crippen LogP contribution in [0.15, 0.2) is 66.7 Å². The Morgan fingerprint density at radius 2 is 1.72 bits per heavy atom. The van der Waals surface area contributed by atoms with Crippen LogP contribution < -0.4 is 5.32 Å². The predicted octanol–water partition coefficient (Wildman–Crippen LogP) is 5.32. The Hall–Kier alpha value is -2.89. The first kappa shape index (κ1) is 19.4. The van der Waals surface area contributed by atoms with Crippen LogP contribution in [-0.4, -0.2) is 23.3 Å². The number of carbonyl (C=O) groups is 2. The molecule has 7 heteroatoms. The third-order valence-electron chi connectivity index (χ3n) is 4.73. The van der Waals surface area contributed by atoms with Crippen LogP contribution in [0.5, 0.6) is 0 Å². The summed E-state index contributed by atoms with van der Waals surface area (Å²) in [6.07, 6.45) is 0. The lowest BCUT2D eigenvalue weighted by molar-refractivity contribution is -0.117. The summed E-state index contributed by atoms with van der Waals surface area (Å²) in [6, 6.07) is 16.9. The van der Waals surface area contributed by atoms with E-state index in [1.165, 1.54) is 17.0 Å². The van der Waals surface area contributed by atoms with Gasteiger partial charge in [0.25, 0.3) is 5.91 Å². The normalized spacial score (nSPS) is 16.0. The monoisotopic (exact) mass is 428 g/mol. The van der Waals surface area contributed by atoms with Crippen LogP contribution in [0.25, 0.3) is 0 Å². The highest BCUT2D eigenvalue weighted by Crippen LogP contribution is 2.38. The number of hydrogen-bond acceptors (Lipinski definition) is 2. The molecule has 1 aliphatic heterocycles. The maximum Gasteiger partial charge on any atom is 0.255 e. The number of anilines is 1. The summed E-state index contributed by atoms with van der Waals surface area (Å²) >= 11 is 12.2. The van der Waals surface area contributed by atoms with Crippen molar-refractivity contribution in [2.75, 3.05) is 11.9 Å². The lowest BCUT2D eigenvalue weighted by Gasteiger charge is -2.30. The molecule has 4 rings (SSSR count). The maximum absolute atomic E-state index is 13.5. The first-order valence-corrected chi connectivity index (χ1v) is 9.59. The van der Waals surface area contributed by atoms with E-state index in [0.717, 1.165) is 0 Å². The molecule has 0 aromatic heterocycles. The third-order valence-corrected chi connectivity index (χ3v) is 5.20. The van der Waals surface area contributed by atoms with Gasteiger partial charge in [0.1, 0.15) is 12.4 Å². The van der Waals surface area contributed by atoms with Crippen molar-refractivity contribution in [2.45, 2.75) is 6.04 Å². The van der Waals surface area contributed by atoms with E-state index in [9.17, 15) is 14.0 Å². The zero-order valence-electron chi connectivity index (χ0n) is 15.0. The highest BCUT2D eigenvalue weighted by atomic mass is 35.5. The van der Waals surface area contributed by atoms with E-state index in [1.807, 2.05) is 0 Å². The van der Waals surface area contributed by atoms with Crippen LogP contribution in [0, 0.1) is 5.82 Å². The molecule has 0 saturated carbocycles. The summed E-state index contributed by atoms with van der Waals surface area (Å²) in [5, 5.41) is 3.68. The first-order valence-electron chi connectivity index (χ1n) is 8.83. The van der Waals surface area contributed by atoms with Crippen molar-refractivity contribution in [3.63, 3.8) is 0 Å². The Morgan fingerprint density at radius 3 is 2.45 bits per heavy atom. The molecule has 0 bridgehead atoms. The highest BCUT2D eigenvalue weighted by Gasteiger charge is 2.34. The standard InChI is InChI=1S/C22H15Cl2FN2O2/c23-15-3-1-2-14(10-15)22(29)27-12-20(28)26-19-11-16(24)6-9-18(19)21(27)13-4-7-17(25)8-5-13/h1-11,21H,12H2,(H,26,28). The van der Waals surface area contributed by atoms with Crippen LogP contribution >= 0.6 is 23.2 Å². The van der Waals surface area contributed by atoms with Gasteiger partial charge in [-0.05, 0) is 48.0 Å². The smallest absolute Gasteiger partial charge is 0.255 e. The minimum Gasteiger partial charge on any atom is -0.324 e. The topological polar surface area (TPSA) is 49.4 Å². The Kier molecular flexibility index (Phi) is 5.26. The van der Waals surface area contributed by atoms with Gasteiger partial charge in [0.05, 0.1) is 6.04 Å². The minimum absolute atomic E-state index is 0.181. The molecule has 1 heterocycles.